The number of aryl methyl sites for hydroxylation is 2. The number of sulfonamides is 2. The quantitative estimate of drug-likeness (QED) is 0.549. The van der Waals surface area contributed by atoms with Gasteiger partial charge in [0.1, 0.15) is 11.6 Å². The third-order valence-electron chi connectivity index (χ3n) is 4.55. The summed E-state index contributed by atoms with van der Waals surface area (Å²) in [6, 6.07) is 13.8. The summed E-state index contributed by atoms with van der Waals surface area (Å²) in [5.74, 6) is 0.0545. The maximum absolute atomic E-state index is 13.5. The van der Waals surface area contributed by atoms with E-state index in [0.29, 0.717) is 17.0 Å². The van der Waals surface area contributed by atoms with Gasteiger partial charge in [-0.1, -0.05) is 6.07 Å². The van der Waals surface area contributed by atoms with E-state index in [1.807, 2.05) is 0 Å². The molecule has 0 aliphatic heterocycles. The van der Waals surface area contributed by atoms with Crippen LogP contribution in [-0.2, 0) is 20.0 Å². The van der Waals surface area contributed by atoms with Crippen LogP contribution in [0.4, 0.5) is 15.8 Å². The zero-order chi connectivity index (χ0) is 22.8. The van der Waals surface area contributed by atoms with Crippen LogP contribution in [0.5, 0.6) is 5.75 Å². The summed E-state index contributed by atoms with van der Waals surface area (Å²) in [7, 11) is -6.53. The second-order valence-corrected chi connectivity index (χ2v) is 10.2. The number of hydrogen-bond donors (Lipinski definition) is 2. The molecule has 31 heavy (non-hydrogen) atoms. The van der Waals surface area contributed by atoms with Gasteiger partial charge in [0.15, 0.2) is 0 Å². The summed E-state index contributed by atoms with van der Waals surface area (Å²) in [6.07, 6.45) is 0. The number of hydrogen-bond acceptors (Lipinski definition) is 5. The van der Waals surface area contributed by atoms with Crippen LogP contribution in [0, 0.1) is 19.7 Å². The second kappa shape index (κ2) is 8.56. The number of benzene rings is 3. The van der Waals surface area contributed by atoms with Crippen molar-refractivity contribution in [3.05, 3.63) is 77.6 Å². The lowest BCUT2D eigenvalue weighted by Gasteiger charge is -2.14. The molecule has 0 amide bonds. The minimum Gasteiger partial charge on any atom is -0.497 e. The maximum Gasteiger partial charge on any atom is 0.261 e. The molecular weight excluding hydrogens is 443 g/mol. The molecule has 0 spiro atoms. The smallest absolute Gasteiger partial charge is 0.261 e. The summed E-state index contributed by atoms with van der Waals surface area (Å²) < 4.78 is 74.3. The predicted octanol–water partition coefficient (Wildman–Crippen LogP) is 4.05. The molecule has 0 atom stereocenters. The lowest BCUT2D eigenvalue weighted by molar-refractivity contribution is 0.415. The Morgan fingerprint density at radius 1 is 0.742 bits per heavy atom. The molecular formula is C21H21FN2O5S2. The first kappa shape index (κ1) is 22.6. The topological polar surface area (TPSA) is 102 Å². The number of halogens is 1. The summed E-state index contributed by atoms with van der Waals surface area (Å²) in [4.78, 5) is -0.252. The first-order valence-corrected chi connectivity index (χ1v) is 12.0. The van der Waals surface area contributed by atoms with Gasteiger partial charge in [-0.05, 0) is 79.6 Å². The van der Waals surface area contributed by atoms with Gasteiger partial charge in [-0.15, -0.1) is 0 Å². The highest BCUT2D eigenvalue weighted by Gasteiger charge is 2.20. The van der Waals surface area contributed by atoms with Crippen molar-refractivity contribution in [1.29, 1.82) is 0 Å². The van der Waals surface area contributed by atoms with Crippen LogP contribution in [0.25, 0.3) is 0 Å². The zero-order valence-corrected chi connectivity index (χ0v) is 18.6. The van der Waals surface area contributed by atoms with E-state index in [-0.39, 0.29) is 21.0 Å². The van der Waals surface area contributed by atoms with E-state index < -0.39 is 25.9 Å². The van der Waals surface area contributed by atoms with Gasteiger partial charge in [-0.3, -0.25) is 9.44 Å². The third-order valence-corrected chi connectivity index (χ3v) is 7.29. The Labute approximate surface area is 181 Å². The van der Waals surface area contributed by atoms with E-state index in [4.69, 9.17) is 4.74 Å². The van der Waals surface area contributed by atoms with Gasteiger partial charge in [0, 0.05) is 5.69 Å². The molecule has 7 nitrogen and oxygen atoms in total. The molecule has 0 aliphatic rings. The molecule has 0 bridgehead atoms. The molecule has 0 aliphatic carbocycles. The Hall–Kier alpha value is -3.11. The van der Waals surface area contributed by atoms with Crippen molar-refractivity contribution in [3.63, 3.8) is 0 Å². The summed E-state index contributed by atoms with van der Waals surface area (Å²) in [5.41, 5.74) is 1.12. The number of anilines is 2. The van der Waals surface area contributed by atoms with E-state index in [0.717, 1.165) is 12.1 Å². The van der Waals surface area contributed by atoms with Crippen LogP contribution >= 0.6 is 0 Å². The van der Waals surface area contributed by atoms with Crippen LogP contribution in [-0.4, -0.2) is 23.9 Å². The van der Waals surface area contributed by atoms with E-state index in [1.165, 1.54) is 38.3 Å². The van der Waals surface area contributed by atoms with E-state index in [9.17, 15) is 21.2 Å². The number of rotatable bonds is 7. The summed E-state index contributed by atoms with van der Waals surface area (Å²) in [6.45, 7) is 3.10. The van der Waals surface area contributed by atoms with Gasteiger partial charge in [0.2, 0.25) is 0 Å². The van der Waals surface area contributed by atoms with Gasteiger partial charge >= 0.3 is 0 Å². The minimum absolute atomic E-state index is 0.0968. The number of nitrogens with one attached hydrogen (secondary N) is 2. The van der Waals surface area contributed by atoms with E-state index >= 15 is 0 Å². The van der Waals surface area contributed by atoms with Gasteiger partial charge in [0.05, 0.1) is 22.6 Å². The highest BCUT2D eigenvalue weighted by atomic mass is 32.2. The average Bonchev–Trinajstić information content (AvgIpc) is 2.71. The Morgan fingerprint density at radius 3 is 1.94 bits per heavy atom. The predicted molar refractivity (Wildman–Crippen MR) is 117 cm³/mol. The fourth-order valence-corrected chi connectivity index (χ4v) is 5.03. The lowest BCUT2D eigenvalue weighted by Crippen LogP contribution is -2.16. The molecule has 3 rings (SSSR count). The SMILES string of the molecule is COc1ccc(NS(=O)(=O)c2ccc(C)c(NS(=O)(=O)c3ccc(F)c(C)c3)c2)cc1. The average molecular weight is 465 g/mol. The Balaban J connectivity index is 1.90. The molecule has 0 radical (unpaired) electrons. The fraction of sp³-hybridized carbons (Fsp3) is 0.143. The van der Waals surface area contributed by atoms with Crippen molar-refractivity contribution >= 4 is 31.4 Å². The van der Waals surface area contributed by atoms with Crippen molar-refractivity contribution in [1.82, 2.24) is 0 Å². The second-order valence-electron chi connectivity index (χ2n) is 6.83. The largest absolute Gasteiger partial charge is 0.497 e. The van der Waals surface area contributed by atoms with Crippen molar-refractivity contribution in [3.8, 4) is 5.75 Å². The van der Waals surface area contributed by atoms with Crippen LogP contribution in [0.15, 0.2) is 70.5 Å². The van der Waals surface area contributed by atoms with Crippen LogP contribution in [0.2, 0.25) is 0 Å². The molecule has 3 aromatic rings. The summed E-state index contributed by atoms with van der Waals surface area (Å²) >= 11 is 0. The standard InChI is InChI=1S/C21H21FN2O5S2/c1-14-4-9-19(30(25,26)23-16-5-7-17(29-3)8-6-16)13-21(14)24-31(27,28)18-10-11-20(22)15(2)12-18/h4-13,23-24H,1-3H3. The highest BCUT2D eigenvalue weighted by molar-refractivity contribution is 7.93. The monoisotopic (exact) mass is 464 g/mol. The van der Waals surface area contributed by atoms with Gasteiger partial charge in [-0.2, -0.15) is 0 Å². The van der Waals surface area contributed by atoms with Crippen LogP contribution in [0.3, 0.4) is 0 Å². The van der Waals surface area contributed by atoms with Crippen LogP contribution < -0.4 is 14.2 Å². The molecule has 0 fully saturated rings. The molecule has 10 heteroatoms. The maximum atomic E-state index is 13.5. The van der Waals surface area contributed by atoms with Gasteiger partial charge < -0.3 is 4.74 Å². The van der Waals surface area contributed by atoms with Crippen molar-refractivity contribution in [2.24, 2.45) is 0 Å². The normalized spacial score (nSPS) is 11.7. The third kappa shape index (κ3) is 5.15. The number of ether oxygens (including phenoxy) is 1. The summed E-state index contributed by atoms with van der Waals surface area (Å²) in [5, 5.41) is 0. The van der Waals surface area contributed by atoms with E-state index in [1.54, 1.807) is 31.2 Å². The molecule has 0 aromatic heterocycles. The molecule has 164 valence electrons. The lowest BCUT2D eigenvalue weighted by atomic mass is 10.2. The molecule has 2 N–H and O–H groups in total. The first-order chi connectivity index (χ1) is 14.5. The molecule has 3 aromatic carbocycles. The minimum atomic E-state index is -4.05. The van der Waals surface area contributed by atoms with Gasteiger partial charge in [0.25, 0.3) is 20.0 Å². The van der Waals surface area contributed by atoms with Crippen LogP contribution in [0.1, 0.15) is 11.1 Å². The van der Waals surface area contributed by atoms with Crippen molar-refractivity contribution < 1.29 is 26.0 Å². The van der Waals surface area contributed by atoms with Crippen molar-refractivity contribution in [2.75, 3.05) is 16.6 Å². The Bertz CT molecular complexity index is 1320. The Morgan fingerprint density at radius 2 is 1.32 bits per heavy atom. The zero-order valence-electron chi connectivity index (χ0n) is 17.0. The van der Waals surface area contributed by atoms with Crippen molar-refractivity contribution in [2.45, 2.75) is 23.6 Å². The van der Waals surface area contributed by atoms with E-state index in [2.05, 4.69) is 9.44 Å². The highest BCUT2D eigenvalue weighted by Crippen LogP contribution is 2.26. The first-order valence-electron chi connectivity index (χ1n) is 9.08. The fourth-order valence-electron chi connectivity index (χ4n) is 2.74. The van der Waals surface area contributed by atoms with Gasteiger partial charge in [-0.25, -0.2) is 21.2 Å². The molecule has 0 unspecified atom stereocenters. The molecule has 0 saturated heterocycles. The molecule has 0 heterocycles. The molecule has 0 saturated carbocycles. The Kier molecular flexibility index (Phi) is 6.23. The number of methoxy groups -OCH3 is 1.